The summed E-state index contributed by atoms with van der Waals surface area (Å²) in [4.78, 5) is 12.3. The van der Waals surface area contributed by atoms with Crippen LogP contribution in [-0.2, 0) is 7.05 Å². The Morgan fingerprint density at radius 1 is 1.32 bits per heavy atom. The molecular formula is C12H8N6O. The van der Waals surface area contributed by atoms with E-state index in [4.69, 9.17) is 9.78 Å². The van der Waals surface area contributed by atoms with Crippen LogP contribution >= 0.6 is 0 Å². The van der Waals surface area contributed by atoms with Crippen LogP contribution in [0.15, 0.2) is 35.4 Å². The van der Waals surface area contributed by atoms with E-state index in [9.17, 15) is 0 Å². The lowest BCUT2D eigenvalue weighted by Crippen LogP contribution is -1.91. The Kier molecular flexibility index (Phi) is 2.54. The van der Waals surface area contributed by atoms with Gasteiger partial charge in [0.1, 0.15) is 17.5 Å². The van der Waals surface area contributed by atoms with Crippen LogP contribution in [0.3, 0.4) is 0 Å². The van der Waals surface area contributed by atoms with Crippen molar-refractivity contribution < 1.29 is 4.52 Å². The first-order valence-electron chi connectivity index (χ1n) is 5.45. The first-order chi connectivity index (χ1) is 9.28. The molecule has 0 spiro atoms. The van der Waals surface area contributed by atoms with Crippen molar-refractivity contribution in [3.05, 3.63) is 36.4 Å². The van der Waals surface area contributed by atoms with Gasteiger partial charge >= 0.3 is 0 Å². The highest BCUT2D eigenvalue weighted by Gasteiger charge is 2.13. The van der Waals surface area contributed by atoms with Crippen molar-refractivity contribution in [2.24, 2.45) is 7.05 Å². The molecule has 0 aliphatic rings. The molecule has 0 saturated heterocycles. The van der Waals surface area contributed by atoms with Gasteiger partial charge < -0.3 is 9.09 Å². The first-order valence-corrected chi connectivity index (χ1v) is 5.45. The number of hydrogen-bond acceptors (Lipinski definition) is 6. The zero-order chi connectivity index (χ0) is 13.2. The minimum absolute atomic E-state index is 0.306. The Balaban J connectivity index is 1.97. The van der Waals surface area contributed by atoms with E-state index in [0.29, 0.717) is 23.0 Å². The highest BCUT2D eigenvalue weighted by Crippen LogP contribution is 2.20. The lowest BCUT2D eigenvalue weighted by Gasteiger charge is -1.93. The van der Waals surface area contributed by atoms with Crippen molar-refractivity contribution in [2.75, 3.05) is 0 Å². The largest absolute Gasteiger partial charge is 0.332 e. The zero-order valence-corrected chi connectivity index (χ0v) is 9.98. The zero-order valence-electron chi connectivity index (χ0n) is 9.98. The molecule has 19 heavy (non-hydrogen) atoms. The molecule has 92 valence electrons. The van der Waals surface area contributed by atoms with Gasteiger partial charge in [0.05, 0.1) is 18.1 Å². The third-order valence-corrected chi connectivity index (χ3v) is 2.58. The van der Waals surface area contributed by atoms with Gasteiger partial charge in [-0.2, -0.15) is 10.2 Å². The molecule has 0 radical (unpaired) electrons. The normalized spacial score (nSPS) is 10.3. The summed E-state index contributed by atoms with van der Waals surface area (Å²) in [6, 6.07) is 5.31. The Morgan fingerprint density at radius 3 is 2.84 bits per heavy atom. The summed E-state index contributed by atoms with van der Waals surface area (Å²) in [5.74, 6) is 0.752. The summed E-state index contributed by atoms with van der Waals surface area (Å²) in [5, 5.41) is 12.6. The van der Waals surface area contributed by atoms with Crippen LogP contribution in [0, 0.1) is 11.3 Å². The van der Waals surface area contributed by atoms with Crippen molar-refractivity contribution in [2.45, 2.75) is 0 Å². The fourth-order valence-electron chi connectivity index (χ4n) is 1.59. The van der Waals surface area contributed by atoms with E-state index in [1.165, 1.54) is 6.20 Å². The number of imidazole rings is 1. The number of nitriles is 1. The third-order valence-electron chi connectivity index (χ3n) is 2.58. The monoisotopic (exact) mass is 252 g/mol. The van der Waals surface area contributed by atoms with Crippen LogP contribution in [0.5, 0.6) is 0 Å². The molecule has 0 aromatic carbocycles. The van der Waals surface area contributed by atoms with Crippen LogP contribution in [0.2, 0.25) is 0 Å². The number of aryl methyl sites for hydroxylation is 1. The summed E-state index contributed by atoms with van der Waals surface area (Å²) in [7, 11) is 1.85. The maximum Gasteiger partial charge on any atom is 0.276 e. The molecule has 7 nitrogen and oxygen atoms in total. The van der Waals surface area contributed by atoms with Gasteiger partial charge in [0.25, 0.3) is 5.89 Å². The standard InChI is InChI=1S/C12H8N6O/c1-18-7-14-6-10(18)11-16-12(19-17-11)9-3-2-8(4-13)5-15-9/h2-3,5-7H,1H3. The van der Waals surface area contributed by atoms with E-state index in [1.807, 2.05) is 13.1 Å². The van der Waals surface area contributed by atoms with Crippen LogP contribution < -0.4 is 0 Å². The molecule has 0 N–H and O–H groups in total. The SMILES string of the molecule is Cn1cncc1-c1noc(-c2ccc(C#N)cn2)n1. The summed E-state index contributed by atoms with van der Waals surface area (Å²) < 4.78 is 6.95. The fraction of sp³-hybridized carbons (Fsp3) is 0.0833. The molecule has 7 heteroatoms. The predicted octanol–water partition coefficient (Wildman–Crippen LogP) is 1.40. The average Bonchev–Trinajstić information content (AvgIpc) is 3.07. The Bertz CT molecular complexity index is 749. The van der Waals surface area contributed by atoms with Gasteiger partial charge in [-0.05, 0) is 12.1 Å². The van der Waals surface area contributed by atoms with Crippen molar-refractivity contribution in [1.82, 2.24) is 24.7 Å². The van der Waals surface area contributed by atoms with Gasteiger partial charge in [-0.1, -0.05) is 5.16 Å². The number of rotatable bonds is 2. The molecule has 0 unspecified atom stereocenters. The molecule has 0 saturated carbocycles. The fourth-order valence-corrected chi connectivity index (χ4v) is 1.59. The second-order valence-corrected chi connectivity index (χ2v) is 3.86. The van der Waals surface area contributed by atoms with E-state index in [1.54, 1.807) is 29.2 Å². The summed E-state index contributed by atoms with van der Waals surface area (Å²) >= 11 is 0. The Hall–Kier alpha value is -3.01. The van der Waals surface area contributed by atoms with Crippen LogP contribution in [0.25, 0.3) is 23.1 Å². The lowest BCUT2D eigenvalue weighted by molar-refractivity contribution is 0.430. The molecule has 0 amide bonds. The molecule has 0 aliphatic heterocycles. The number of aromatic nitrogens is 5. The van der Waals surface area contributed by atoms with Crippen molar-refractivity contribution in [3.8, 4) is 29.2 Å². The molecule has 3 aromatic heterocycles. The first kappa shape index (κ1) is 11.1. The van der Waals surface area contributed by atoms with Crippen molar-refractivity contribution in [3.63, 3.8) is 0 Å². The molecule has 3 heterocycles. The quantitative estimate of drug-likeness (QED) is 0.684. The van der Waals surface area contributed by atoms with Crippen LogP contribution in [0.1, 0.15) is 5.56 Å². The maximum atomic E-state index is 8.71. The Morgan fingerprint density at radius 2 is 2.21 bits per heavy atom. The Labute approximate surface area is 108 Å². The second-order valence-electron chi connectivity index (χ2n) is 3.86. The third kappa shape index (κ3) is 1.95. The summed E-state index contributed by atoms with van der Waals surface area (Å²) in [6.45, 7) is 0. The smallest absolute Gasteiger partial charge is 0.276 e. The number of hydrogen-bond donors (Lipinski definition) is 0. The minimum Gasteiger partial charge on any atom is -0.332 e. The van der Waals surface area contributed by atoms with E-state index < -0.39 is 0 Å². The molecule has 0 fully saturated rings. The summed E-state index contributed by atoms with van der Waals surface area (Å²) in [6.07, 6.45) is 4.77. The highest BCUT2D eigenvalue weighted by atomic mass is 16.5. The molecule has 3 aromatic rings. The van der Waals surface area contributed by atoms with Crippen molar-refractivity contribution in [1.29, 1.82) is 5.26 Å². The van der Waals surface area contributed by atoms with Crippen LogP contribution in [0.4, 0.5) is 0 Å². The van der Waals surface area contributed by atoms with E-state index >= 15 is 0 Å². The molecule has 0 aliphatic carbocycles. The van der Waals surface area contributed by atoms with Gasteiger partial charge in [-0.25, -0.2) is 9.97 Å². The number of nitrogens with zero attached hydrogens (tertiary/aromatic N) is 6. The van der Waals surface area contributed by atoms with Gasteiger partial charge in [0.15, 0.2) is 0 Å². The molecule has 0 atom stereocenters. The maximum absolute atomic E-state index is 8.71. The van der Waals surface area contributed by atoms with Gasteiger partial charge in [0.2, 0.25) is 5.82 Å². The molecular weight excluding hydrogens is 244 g/mol. The predicted molar refractivity (Wildman–Crippen MR) is 64.4 cm³/mol. The number of pyridine rings is 1. The van der Waals surface area contributed by atoms with E-state index in [2.05, 4.69) is 20.1 Å². The molecule has 0 bridgehead atoms. The van der Waals surface area contributed by atoms with Crippen molar-refractivity contribution >= 4 is 0 Å². The van der Waals surface area contributed by atoms with Gasteiger partial charge in [-0.15, -0.1) is 0 Å². The highest BCUT2D eigenvalue weighted by molar-refractivity contribution is 5.54. The lowest BCUT2D eigenvalue weighted by atomic mass is 10.3. The minimum atomic E-state index is 0.306. The molecule has 3 rings (SSSR count). The van der Waals surface area contributed by atoms with Crippen LogP contribution in [-0.4, -0.2) is 24.7 Å². The van der Waals surface area contributed by atoms with Gasteiger partial charge in [0, 0.05) is 13.2 Å². The van der Waals surface area contributed by atoms with Gasteiger partial charge in [-0.3, -0.25) is 0 Å². The average molecular weight is 252 g/mol. The van der Waals surface area contributed by atoms with E-state index in [-0.39, 0.29) is 0 Å². The summed E-state index contributed by atoms with van der Waals surface area (Å²) in [5.41, 5.74) is 1.76. The topological polar surface area (TPSA) is 93.4 Å². The second kappa shape index (κ2) is 4.34. The van der Waals surface area contributed by atoms with E-state index in [0.717, 1.165) is 5.69 Å².